The SMILES string of the molecule is N[C@@H](Cc1cc(N=NCc2ccccc2)c(O)cc1O)C(=O)O. The van der Waals surface area contributed by atoms with Gasteiger partial charge in [-0.25, -0.2) is 0 Å². The highest BCUT2D eigenvalue weighted by Gasteiger charge is 2.16. The standard InChI is InChI=1S/C16H17N3O4/c17-12(16(22)23)6-11-7-13(15(21)8-14(11)20)19-18-9-10-4-2-1-3-5-10/h1-5,7-8,12,20-21H,6,9,17H2,(H,22,23)/t12-/m0/s1. The summed E-state index contributed by atoms with van der Waals surface area (Å²) in [4.78, 5) is 10.8. The fraction of sp³-hybridized carbons (Fsp3) is 0.188. The van der Waals surface area contributed by atoms with E-state index in [1.165, 1.54) is 6.07 Å². The normalized spacial score (nSPS) is 12.4. The van der Waals surface area contributed by atoms with Gasteiger partial charge in [-0.05, 0) is 17.2 Å². The van der Waals surface area contributed by atoms with Crippen molar-refractivity contribution in [1.29, 1.82) is 0 Å². The Labute approximate surface area is 132 Å². The van der Waals surface area contributed by atoms with Gasteiger partial charge in [0.2, 0.25) is 0 Å². The monoisotopic (exact) mass is 315 g/mol. The number of benzene rings is 2. The first-order valence-corrected chi connectivity index (χ1v) is 6.92. The number of carbonyl (C=O) groups is 1. The molecule has 2 rings (SSSR count). The molecule has 0 aliphatic heterocycles. The van der Waals surface area contributed by atoms with Crippen molar-refractivity contribution in [2.24, 2.45) is 16.0 Å². The largest absolute Gasteiger partial charge is 0.508 e. The van der Waals surface area contributed by atoms with Gasteiger partial charge in [-0.3, -0.25) is 4.79 Å². The van der Waals surface area contributed by atoms with Gasteiger partial charge >= 0.3 is 5.97 Å². The molecule has 1 atom stereocenters. The van der Waals surface area contributed by atoms with Crippen LogP contribution in [0.3, 0.4) is 0 Å². The zero-order chi connectivity index (χ0) is 16.8. The van der Waals surface area contributed by atoms with Gasteiger partial charge in [0.1, 0.15) is 23.2 Å². The third kappa shape index (κ3) is 4.52. The van der Waals surface area contributed by atoms with Crippen LogP contribution in [-0.2, 0) is 17.8 Å². The molecule has 0 unspecified atom stereocenters. The average molecular weight is 315 g/mol. The summed E-state index contributed by atoms with van der Waals surface area (Å²) in [5.74, 6) is -1.65. The Morgan fingerprint density at radius 1 is 1.13 bits per heavy atom. The molecule has 0 saturated heterocycles. The number of phenolic OH excluding ortho intramolecular Hbond substituents is 2. The molecule has 2 aromatic rings. The van der Waals surface area contributed by atoms with Gasteiger partial charge in [-0.15, -0.1) is 0 Å². The molecular formula is C16H17N3O4. The lowest BCUT2D eigenvalue weighted by Gasteiger charge is -2.10. The van der Waals surface area contributed by atoms with Crippen molar-refractivity contribution in [3.05, 3.63) is 53.6 Å². The molecule has 0 heterocycles. The van der Waals surface area contributed by atoms with Crippen molar-refractivity contribution < 1.29 is 20.1 Å². The quantitative estimate of drug-likeness (QED) is 0.608. The predicted octanol–water partition coefficient (Wildman–Crippen LogP) is 2.34. The molecule has 0 bridgehead atoms. The van der Waals surface area contributed by atoms with E-state index in [1.54, 1.807) is 0 Å². The maximum atomic E-state index is 10.8. The van der Waals surface area contributed by atoms with Gasteiger partial charge in [0.15, 0.2) is 0 Å². The van der Waals surface area contributed by atoms with Gasteiger partial charge in [0.05, 0.1) is 6.54 Å². The smallest absolute Gasteiger partial charge is 0.320 e. The van der Waals surface area contributed by atoms with Gasteiger partial charge in [0, 0.05) is 12.5 Å². The second kappa shape index (κ2) is 7.37. The second-order valence-corrected chi connectivity index (χ2v) is 5.00. The van der Waals surface area contributed by atoms with Crippen molar-refractivity contribution in [3.63, 3.8) is 0 Å². The van der Waals surface area contributed by atoms with E-state index >= 15 is 0 Å². The molecular weight excluding hydrogens is 298 g/mol. The molecule has 0 aromatic heterocycles. The molecule has 2 aromatic carbocycles. The Bertz CT molecular complexity index is 717. The van der Waals surface area contributed by atoms with E-state index in [-0.39, 0.29) is 29.2 Å². The lowest BCUT2D eigenvalue weighted by atomic mass is 10.0. The summed E-state index contributed by atoms with van der Waals surface area (Å²) in [5.41, 5.74) is 6.84. The Hall–Kier alpha value is -2.93. The van der Waals surface area contributed by atoms with Crippen molar-refractivity contribution in [1.82, 2.24) is 0 Å². The van der Waals surface area contributed by atoms with Crippen LogP contribution >= 0.6 is 0 Å². The van der Waals surface area contributed by atoms with Crippen molar-refractivity contribution in [2.45, 2.75) is 19.0 Å². The van der Waals surface area contributed by atoms with Gasteiger partial charge in [-0.2, -0.15) is 10.2 Å². The lowest BCUT2D eigenvalue weighted by Crippen LogP contribution is -2.32. The zero-order valence-corrected chi connectivity index (χ0v) is 12.3. The third-order valence-corrected chi connectivity index (χ3v) is 3.21. The van der Waals surface area contributed by atoms with E-state index in [1.807, 2.05) is 30.3 Å². The summed E-state index contributed by atoms with van der Waals surface area (Å²) in [6.07, 6.45) is -0.0807. The number of aliphatic carboxylic acids is 1. The van der Waals surface area contributed by atoms with Crippen LogP contribution in [0.15, 0.2) is 52.7 Å². The van der Waals surface area contributed by atoms with Crippen LogP contribution in [0.4, 0.5) is 5.69 Å². The van der Waals surface area contributed by atoms with Crippen LogP contribution in [-0.4, -0.2) is 27.3 Å². The number of hydrogen-bond donors (Lipinski definition) is 4. The number of nitrogens with two attached hydrogens (primary N) is 1. The summed E-state index contributed by atoms with van der Waals surface area (Å²) in [5, 5.41) is 36.3. The van der Waals surface area contributed by atoms with Gasteiger partial charge in [0.25, 0.3) is 0 Å². The summed E-state index contributed by atoms with van der Waals surface area (Å²) >= 11 is 0. The molecule has 0 aliphatic rings. The number of hydrogen-bond acceptors (Lipinski definition) is 6. The van der Waals surface area contributed by atoms with Crippen LogP contribution in [0.5, 0.6) is 11.5 Å². The fourth-order valence-electron chi connectivity index (χ4n) is 1.95. The molecule has 120 valence electrons. The van der Waals surface area contributed by atoms with Crippen molar-refractivity contribution in [3.8, 4) is 11.5 Å². The molecule has 0 spiro atoms. The number of carboxylic acids is 1. The van der Waals surface area contributed by atoms with Gasteiger partial charge < -0.3 is 21.1 Å². The molecule has 7 heteroatoms. The van der Waals surface area contributed by atoms with Crippen LogP contribution in [0, 0.1) is 0 Å². The van der Waals surface area contributed by atoms with Crippen LogP contribution in [0.2, 0.25) is 0 Å². The van der Waals surface area contributed by atoms with Crippen LogP contribution in [0.1, 0.15) is 11.1 Å². The number of nitrogens with zero attached hydrogens (tertiary/aromatic N) is 2. The highest BCUT2D eigenvalue weighted by atomic mass is 16.4. The van der Waals surface area contributed by atoms with E-state index in [9.17, 15) is 15.0 Å². The molecule has 7 nitrogen and oxygen atoms in total. The van der Waals surface area contributed by atoms with E-state index in [0.717, 1.165) is 11.6 Å². The lowest BCUT2D eigenvalue weighted by molar-refractivity contribution is -0.138. The zero-order valence-electron chi connectivity index (χ0n) is 12.3. The Morgan fingerprint density at radius 3 is 2.48 bits per heavy atom. The second-order valence-electron chi connectivity index (χ2n) is 5.00. The summed E-state index contributed by atoms with van der Waals surface area (Å²) in [7, 11) is 0. The van der Waals surface area contributed by atoms with Gasteiger partial charge in [-0.1, -0.05) is 30.3 Å². The first-order chi connectivity index (χ1) is 11.0. The summed E-state index contributed by atoms with van der Waals surface area (Å²) < 4.78 is 0. The first-order valence-electron chi connectivity index (χ1n) is 6.92. The van der Waals surface area contributed by atoms with E-state index < -0.39 is 12.0 Å². The van der Waals surface area contributed by atoms with Crippen molar-refractivity contribution in [2.75, 3.05) is 0 Å². The minimum Gasteiger partial charge on any atom is -0.508 e. The number of aromatic hydroxyl groups is 2. The Morgan fingerprint density at radius 2 is 1.83 bits per heavy atom. The highest BCUT2D eigenvalue weighted by molar-refractivity contribution is 5.74. The number of rotatable bonds is 6. The molecule has 0 amide bonds. The highest BCUT2D eigenvalue weighted by Crippen LogP contribution is 2.34. The van der Waals surface area contributed by atoms with E-state index in [0.29, 0.717) is 6.54 Å². The van der Waals surface area contributed by atoms with Crippen LogP contribution in [0.25, 0.3) is 0 Å². The average Bonchev–Trinajstić information content (AvgIpc) is 2.52. The fourth-order valence-corrected chi connectivity index (χ4v) is 1.95. The minimum atomic E-state index is -1.18. The Kier molecular flexibility index (Phi) is 5.27. The number of carboxylic acid groups (broad SMARTS) is 1. The Balaban J connectivity index is 2.16. The maximum Gasteiger partial charge on any atom is 0.320 e. The van der Waals surface area contributed by atoms with E-state index in [4.69, 9.17) is 10.8 Å². The number of phenols is 2. The molecule has 23 heavy (non-hydrogen) atoms. The molecule has 0 saturated carbocycles. The number of azo groups is 1. The van der Waals surface area contributed by atoms with Crippen molar-refractivity contribution >= 4 is 11.7 Å². The third-order valence-electron chi connectivity index (χ3n) is 3.21. The minimum absolute atomic E-state index is 0.0807. The summed E-state index contributed by atoms with van der Waals surface area (Å²) in [6.45, 7) is 0.338. The maximum absolute atomic E-state index is 10.8. The molecule has 0 fully saturated rings. The summed E-state index contributed by atoms with van der Waals surface area (Å²) in [6, 6.07) is 10.8. The topological polar surface area (TPSA) is 128 Å². The first kappa shape index (κ1) is 16.4. The molecule has 5 N–H and O–H groups in total. The molecule has 0 aliphatic carbocycles. The molecule has 0 radical (unpaired) electrons. The predicted molar refractivity (Wildman–Crippen MR) is 83.7 cm³/mol. The van der Waals surface area contributed by atoms with E-state index in [2.05, 4.69) is 10.2 Å². The van der Waals surface area contributed by atoms with Crippen LogP contribution < -0.4 is 5.73 Å².